The van der Waals surface area contributed by atoms with Gasteiger partial charge in [0.1, 0.15) is 0 Å². The molecule has 5 rings (SSSR count). The molecule has 0 unspecified atom stereocenters. The van der Waals surface area contributed by atoms with Gasteiger partial charge in [-0.15, -0.1) is 0 Å². The smallest absolute Gasteiger partial charge is 0.411 e. The Labute approximate surface area is 335 Å². The van der Waals surface area contributed by atoms with Crippen molar-refractivity contribution >= 4 is 44.8 Å². The number of carboxylic acid groups (broad SMARTS) is 2. The fraction of sp³-hybridized carbons (Fsp3) is 0.333. The first-order chi connectivity index (χ1) is 27.1. The van der Waals surface area contributed by atoms with E-state index in [4.69, 9.17) is 0 Å². The molecule has 0 aliphatic carbocycles. The highest BCUT2D eigenvalue weighted by Gasteiger charge is 2.72. The van der Waals surface area contributed by atoms with Gasteiger partial charge in [0.25, 0.3) is 5.91 Å². The summed E-state index contributed by atoms with van der Waals surface area (Å²) >= 11 is 0. The lowest BCUT2D eigenvalue weighted by atomic mass is 9.71. The van der Waals surface area contributed by atoms with Crippen LogP contribution in [0.3, 0.4) is 0 Å². The summed E-state index contributed by atoms with van der Waals surface area (Å²) in [6.07, 6.45) is -10.7. The van der Waals surface area contributed by atoms with E-state index in [1.54, 1.807) is 20.8 Å². The number of fused-ring (bicyclic) bond motifs is 1. The molecule has 0 saturated heterocycles. The van der Waals surface area contributed by atoms with Gasteiger partial charge in [-0.05, 0) is 111 Å². The second-order valence-corrected chi connectivity index (χ2v) is 17.7. The SMILES string of the molecule is CCC(C)(C)C(=O)c1cc(S(=O)(=O)c2ccc(C(=O)O)c(C(=O)Nc3cc(C(c4ccc5c(c4)NC(C)(C)CC5)(C(F)(F)F)C(F)(F)F)ccc3C)c2)ccc1C(=O)O. The number of halogens is 6. The molecule has 4 N–H and O–H groups in total. The van der Waals surface area contributed by atoms with E-state index in [2.05, 4.69) is 10.6 Å². The number of aromatic carboxylic acids is 2. The Morgan fingerprint density at radius 3 is 1.78 bits per heavy atom. The number of carbonyl (C=O) groups excluding carboxylic acids is 2. The normalized spacial score (nSPS) is 14.5. The van der Waals surface area contributed by atoms with E-state index in [1.165, 1.54) is 26.8 Å². The molecule has 17 heteroatoms. The maximum Gasteiger partial charge on any atom is 0.411 e. The van der Waals surface area contributed by atoms with Crippen LogP contribution in [-0.2, 0) is 21.7 Å². The first-order valence-electron chi connectivity index (χ1n) is 18.1. The summed E-state index contributed by atoms with van der Waals surface area (Å²) in [5, 5.41) is 24.8. The molecule has 1 aliphatic heterocycles. The van der Waals surface area contributed by atoms with Crippen molar-refractivity contribution in [1.29, 1.82) is 0 Å². The number of benzene rings is 4. The first kappa shape index (κ1) is 44.4. The number of hydrogen-bond acceptors (Lipinski definition) is 7. The van der Waals surface area contributed by atoms with Crippen LogP contribution in [0.1, 0.15) is 111 Å². The Kier molecular flexibility index (Phi) is 11.4. The van der Waals surface area contributed by atoms with Crippen molar-refractivity contribution in [2.24, 2.45) is 5.41 Å². The first-order valence-corrected chi connectivity index (χ1v) is 19.6. The molecule has 1 amide bonds. The lowest BCUT2D eigenvalue weighted by Crippen LogP contribution is -2.55. The third-order valence-corrected chi connectivity index (χ3v) is 12.6. The van der Waals surface area contributed by atoms with Crippen molar-refractivity contribution < 1.29 is 64.2 Å². The number of Topliss-reactive ketones (excluding diaryl/α,β-unsaturated/α-hetero) is 1. The summed E-state index contributed by atoms with van der Waals surface area (Å²) in [5.41, 5.74) is -11.3. The molecule has 10 nitrogen and oxygen atoms in total. The molecule has 0 atom stereocenters. The molecule has 0 spiro atoms. The van der Waals surface area contributed by atoms with Gasteiger partial charge in [-0.2, -0.15) is 26.3 Å². The maximum absolute atomic E-state index is 15.2. The van der Waals surface area contributed by atoms with Crippen molar-refractivity contribution in [2.45, 2.75) is 93.9 Å². The number of hydrogen-bond donors (Lipinski definition) is 4. The molecular weight excluding hydrogens is 807 g/mol. The van der Waals surface area contributed by atoms with E-state index in [9.17, 15) is 37.8 Å². The minimum atomic E-state index is -5.99. The van der Waals surface area contributed by atoms with Crippen LogP contribution >= 0.6 is 0 Å². The lowest BCUT2D eigenvalue weighted by Gasteiger charge is -2.40. The van der Waals surface area contributed by atoms with E-state index >= 15 is 26.3 Å². The topological polar surface area (TPSA) is 167 Å². The number of rotatable bonds is 11. The van der Waals surface area contributed by atoms with Gasteiger partial charge < -0.3 is 20.8 Å². The summed E-state index contributed by atoms with van der Waals surface area (Å²) in [7, 11) is -4.75. The Hall–Kier alpha value is -5.71. The van der Waals surface area contributed by atoms with E-state index in [1.807, 2.05) is 0 Å². The van der Waals surface area contributed by atoms with Gasteiger partial charge in [-0.1, -0.05) is 45.0 Å². The van der Waals surface area contributed by atoms with Gasteiger partial charge in [0.15, 0.2) is 5.78 Å². The van der Waals surface area contributed by atoms with Crippen LogP contribution in [-0.4, -0.2) is 60.2 Å². The maximum atomic E-state index is 15.2. The van der Waals surface area contributed by atoms with Gasteiger partial charge in [0, 0.05) is 27.9 Å². The summed E-state index contributed by atoms with van der Waals surface area (Å²) in [6, 6.07) is 9.74. The Morgan fingerprint density at radius 1 is 0.746 bits per heavy atom. The molecule has 314 valence electrons. The third-order valence-electron chi connectivity index (χ3n) is 10.9. The van der Waals surface area contributed by atoms with Crippen LogP contribution in [0, 0.1) is 12.3 Å². The Morgan fingerprint density at radius 2 is 1.25 bits per heavy atom. The van der Waals surface area contributed by atoms with Gasteiger partial charge >= 0.3 is 24.3 Å². The van der Waals surface area contributed by atoms with Gasteiger partial charge in [0.2, 0.25) is 15.3 Å². The van der Waals surface area contributed by atoms with Gasteiger partial charge in [-0.25, -0.2) is 18.0 Å². The van der Waals surface area contributed by atoms with Crippen molar-refractivity contribution in [3.8, 4) is 0 Å². The fourth-order valence-corrected chi connectivity index (χ4v) is 8.28. The van der Waals surface area contributed by atoms with Gasteiger partial charge in [-0.3, -0.25) is 9.59 Å². The van der Waals surface area contributed by atoms with Crippen LogP contribution in [0.5, 0.6) is 0 Å². The molecule has 4 aromatic carbocycles. The molecule has 59 heavy (non-hydrogen) atoms. The molecular formula is C42H40F6N2O8S. The predicted octanol–water partition coefficient (Wildman–Crippen LogP) is 9.64. The second kappa shape index (κ2) is 15.1. The quantitative estimate of drug-likeness (QED) is 0.0849. The van der Waals surface area contributed by atoms with E-state index in [0.717, 1.165) is 48.5 Å². The lowest BCUT2D eigenvalue weighted by molar-refractivity contribution is -0.288. The highest BCUT2D eigenvalue weighted by atomic mass is 32.2. The third kappa shape index (κ3) is 8.04. The highest BCUT2D eigenvalue weighted by Crippen LogP contribution is 2.57. The molecule has 1 heterocycles. The molecule has 4 aromatic rings. The molecule has 0 fully saturated rings. The molecule has 0 saturated carbocycles. The number of carbonyl (C=O) groups is 4. The number of ketones is 1. The van der Waals surface area contributed by atoms with E-state index < -0.39 is 111 Å². The number of alkyl halides is 6. The minimum absolute atomic E-state index is 0.0272. The number of anilines is 2. The van der Waals surface area contributed by atoms with Crippen molar-refractivity contribution in [2.75, 3.05) is 10.6 Å². The molecule has 0 bridgehead atoms. The molecule has 0 aromatic heterocycles. The summed E-state index contributed by atoms with van der Waals surface area (Å²) < 4.78 is 119. The van der Waals surface area contributed by atoms with Gasteiger partial charge in [0.05, 0.1) is 26.5 Å². The van der Waals surface area contributed by atoms with Crippen molar-refractivity contribution in [1.82, 2.24) is 0 Å². The average Bonchev–Trinajstić information content (AvgIpc) is 3.13. The van der Waals surface area contributed by atoms with E-state index in [-0.39, 0.29) is 17.7 Å². The number of carboxylic acids is 2. The standard InChI is InChI=1S/C42H40F6N2O8S/c1-7-38(3,4)34(51)30-20-26(12-14-28(30)36(53)54)59(57,58)27-13-15-29(37(55)56)31(21-27)35(52)49-32-18-24(10-8-22(32)2)40(41(43,44)45,42(46,47)48)25-11-9-23-16-17-39(5,6)50-33(23)19-25/h8-15,18-21,50H,7,16-17H2,1-6H3,(H,49,52)(H,53,54)(H,55,56). The fourth-order valence-electron chi connectivity index (χ4n) is 6.97. The minimum Gasteiger partial charge on any atom is -0.478 e. The Bertz CT molecular complexity index is 2490. The average molecular weight is 847 g/mol. The molecule has 0 radical (unpaired) electrons. The van der Waals surface area contributed by atoms with Crippen LogP contribution in [0.25, 0.3) is 0 Å². The monoisotopic (exact) mass is 846 g/mol. The predicted molar refractivity (Wildman–Crippen MR) is 205 cm³/mol. The number of aryl methyl sites for hydroxylation is 2. The summed E-state index contributed by atoms with van der Waals surface area (Å²) in [4.78, 5) is 50.1. The zero-order valence-electron chi connectivity index (χ0n) is 32.6. The van der Waals surface area contributed by atoms with E-state index in [0.29, 0.717) is 36.6 Å². The zero-order chi connectivity index (χ0) is 44.3. The number of sulfone groups is 1. The second-order valence-electron chi connectivity index (χ2n) is 15.7. The van der Waals surface area contributed by atoms with Crippen LogP contribution in [0.2, 0.25) is 0 Å². The van der Waals surface area contributed by atoms with Crippen LogP contribution in [0.4, 0.5) is 37.7 Å². The highest BCUT2D eigenvalue weighted by molar-refractivity contribution is 7.91. The van der Waals surface area contributed by atoms with Crippen LogP contribution < -0.4 is 10.6 Å². The summed E-state index contributed by atoms with van der Waals surface area (Å²) in [5.74, 6) is -5.32. The molecule has 1 aliphatic rings. The Balaban J connectivity index is 1.63. The zero-order valence-corrected chi connectivity index (χ0v) is 33.4. The number of nitrogens with one attached hydrogen (secondary N) is 2. The van der Waals surface area contributed by atoms with Crippen molar-refractivity contribution in [3.05, 3.63) is 117 Å². The number of amides is 1. The summed E-state index contributed by atoms with van der Waals surface area (Å²) in [6.45, 7) is 9.52. The van der Waals surface area contributed by atoms with Crippen molar-refractivity contribution in [3.63, 3.8) is 0 Å². The van der Waals surface area contributed by atoms with Crippen LogP contribution in [0.15, 0.2) is 82.6 Å². The largest absolute Gasteiger partial charge is 0.478 e.